The number of nitrogens with zero attached hydrogens (tertiary/aromatic N) is 1. The lowest BCUT2D eigenvalue weighted by atomic mass is 10.3. The molecule has 80 valence electrons. The van der Waals surface area contributed by atoms with E-state index in [-0.39, 0.29) is 5.91 Å². The topological polar surface area (TPSA) is 42.0 Å². The third-order valence-corrected chi connectivity index (χ3v) is 3.19. The van der Waals surface area contributed by atoms with E-state index < -0.39 is 0 Å². The van der Waals surface area contributed by atoms with Gasteiger partial charge in [-0.2, -0.15) is 0 Å². The number of hydrogen-bond donors (Lipinski definition) is 1. The Morgan fingerprint density at radius 1 is 1.67 bits per heavy atom. The van der Waals surface area contributed by atoms with E-state index in [0.29, 0.717) is 16.2 Å². The monoisotopic (exact) mass is 268 g/mol. The number of rotatable bonds is 3. The van der Waals surface area contributed by atoms with E-state index in [1.54, 1.807) is 12.1 Å². The maximum absolute atomic E-state index is 11.6. The van der Waals surface area contributed by atoms with Crippen molar-refractivity contribution in [1.82, 2.24) is 10.3 Å². The predicted octanol–water partition coefficient (Wildman–Crippen LogP) is 2.23. The third-order valence-electron chi connectivity index (χ3n) is 2.75. The van der Waals surface area contributed by atoms with Gasteiger partial charge in [0, 0.05) is 6.54 Å². The fourth-order valence-electron chi connectivity index (χ4n) is 1.53. The van der Waals surface area contributed by atoms with Crippen LogP contribution in [0.15, 0.2) is 22.8 Å². The summed E-state index contributed by atoms with van der Waals surface area (Å²) >= 11 is 3.24. The van der Waals surface area contributed by atoms with E-state index >= 15 is 0 Å². The summed E-state index contributed by atoms with van der Waals surface area (Å²) in [5.41, 5.74) is 0.470. The maximum Gasteiger partial charge on any atom is 0.269 e. The Kier molecular flexibility index (Phi) is 3.05. The minimum atomic E-state index is -0.0876. The average molecular weight is 269 g/mol. The Bertz CT molecular complexity index is 381. The molecule has 0 aromatic carbocycles. The van der Waals surface area contributed by atoms with Gasteiger partial charge in [0.2, 0.25) is 0 Å². The molecule has 0 spiro atoms. The Labute approximate surface area is 97.4 Å². The van der Waals surface area contributed by atoms with Crippen LogP contribution >= 0.6 is 15.9 Å². The quantitative estimate of drug-likeness (QED) is 0.855. The molecule has 1 N–H and O–H groups in total. The van der Waals surface area contributed by atoms with Gasteiger partial charge < -0.3 is 5.32 Å². The fourth-order valence-corrected chi connectivity index (χ4v) is 1.88. The number of hydrogen-bond acceptors (Lipinski definition) is 2. The molecule has 1 aliphatic carbocycles. The Morgan fingerprint density at radius 3 is 3.00 bits per heavy atom. The molecule has 0 radical (unpaired) electrons. The molecule has 4 heteroatoms. The molecular formula is C11H13BrN2O. The summed E-state index contributed by atoms with van der Waals surface area (Å²) in [4.78, 5) is 15.7. The van der Waals surface area contributed by atoms with Crippen LogP contribution in [0.3, 0.4) is 0 Å². The third kappa shape index (κ3) is 2.78. The van der Waals surface area contributed by atoms with Crippen LogP contribution in [0.2, 0.25) is 0 Å². The summed E-state index contributed by atoms with van der Waals surface area (Å²) in [6, 6.07) is 5.34. The van der Waals surface area contributed by atoms with Crippen molar-refractivity contribution in [1.29, 1.82) is 0 Å². The van der Waals surface area contributed by atoms with E-state index in [1.807, 2.05) is 6.07 Å². The highest BCUT2D eigenvalue weighted by molar-refractivity contribution is 9.10. The molecule has 1 aliphatic rings. The number of amides is 1. The lowest BCUT2D eigenvalue weighted by molar-refractivity contribution is 0.0946. The summed E-state index contributed by atoms with van der Waals surface area (Å²) < 4.78 is 0.690. The van der Waals surface area contributed by atoms with Crippen molar-refractivity contribution in [3.05, 3.63) is 28.5 Å². The zero-order valence-electron chi connectivity index (χ0n) is 8.53. The Balaban J connectivity index is 1.90. The van der Waals surface area contributed by atoms with Gasteiger partial charge in [-0.1, -0.05) is 13.0 Å². The predicted molar refractivity (Wildman–Crippen MR) is 61.5 cm³/mol. The zero-order chi connectivity index (χ0) is 10.8. The number of carbonyl (C=O) groups excluding carboxylic acids is 1. The van der Waals surface area contributed by atoms with Gasteiger partial charge in [-0.15, -0.1) is 0 Å². The molecule has 0 saturated heterocycles. The van der Waals surface area contributed by atoms with E-state index in [9.17, 15) is 4.79 Å². The van der Waals surface area contributed by atoms with Crippen LogP contribution in [0.4, 0.5) is 0 Å². The molecule has 2 rings (SSSR count). The lowest BCUT2D eigenvalue weighted by Crippen LogP contribution is -2.26. The molecule has 15 heavy (non-hydrogen) atoms. The molecule has 0 bridgehead atoms. The normalized spacial score (nSPS) is 23.6. The second-order valence-electron chi connectivity index (χ2n) is 4.03. The Morgan fingerprint density at radius 2 is 2.40 bits per heavy atom. The van der Waals surface area contributed by atoms with Gasteiger partial charge in [-0.05, 0) is 46.3 Å². The van der Waals surface area contributed by atoms with Crippen molar-refractivity contribution in [2.75, 3.05) is 6.54 Å². The maximum atomic E-state index is 11.6. The summed E-state index contributed by atoms with van der Waals surface area (Å²) in [7, 11) is 0. The van der Waals surface area contributed by atoms with Crippen molar-refractivity contribution in [2.45, 2.75) is 13.3 Å². The molecule has 1 aromatic heterocycles. The van der Waals surface area contributed by atoms with E-state index in [2.05, 4.69) is 33.2 Å². The van der Waals surface area contributed by atoms with Gasteiger partial charge in [0.1, 0.15) is 10.3 Å². The van der Waals surface area contributed by atoms with Crippen molar-refractivity contribution in [3.8, 4) is 0 Å². The number of carbonyl (C=O) groups is 1. The summed E-state index contributed by atoms with van der Waals surface area (Å²) in [5, 5.41) is 2.90. The van der Waals surface area contributed by atoms with Crippen LogP contribution in [-0.2, 0) is 0 Å². The molecular weight excluding hydrogens is 256 g/mol. The number of aromatic nitrogens is 1. The summed E-state index contributed by atoms with van der Waals surface area (Å²) in [6.45, 7) is 2.97. The minimum absolute atomic E-state index is 0.0876. The highest BCUT2D eigenvalue weighted by atomic mass is 79.9. The van der Waals surface area contributed by atoms with Gasteiger partial charge in [0.25, 0.3) is 5.91 Å². The molecule has 3 nitrogen and oxygen atoms in total. The first kappa shape index (κ1) is 10.6. The first-order valence-corrected chi connectivity index (χ1v) is 5.87. The molecule has 1 heterocycles. The first-order chi connectivity index (χ1) is 7.16. The molecule has 2 unspecified atom stereocenters. The van der Waals surface area contributed by atoms with Gasteiger partial charge >= 0.3 is 0 Å². The standard InChI is InChI=1S/C11H13BrN2O/c1-7-5-8(7)6-13-11(15)9-3-2-4-10(12)14-9/h2-4,7-8H,5-6H2,1H3,(H,13,15). The highest BCUT2D eigenvalue weighted by Crippen LogP contribution is 2.36. The van der Waals surface area contributed by atoms with Gasteiger partial charge in [-0.3, -0.25) is 4.79 Å². The van der Waals surface area contributed by atoms with Crippen LogP contribution in [-0.4, -0.2) is 17.4 Å². The lowest BCUT2D eigenvalue weighted by Gasteiger charge is -2.03. The molecule has 1 saturated carbocycles. The summed E-state index contributed by atoms with van der Waals surface area (Å²) in [6.07, 6.45) is 1.23. The smallest absolute Gasteiger partial charge is 0.269 e. The van der Waals surface area contributed by atoms with E-state index in [4.69, 9.17) is 0 Å². The Hall–Kier alpha value is -0.900. The molecule has 1 aromatic rings. The van der Waals surface area contributed by atoms with Crippen molar-refractivity contribution in [2.24, 2.45) is 11.8 Å². The molecule has 1 amide bonds. The van der Waals surface area contributed by atoms with Crippen molar-refractivity contribution >= 4 is 21.8 Å². The second-order valence-corrected chi connectivity index (χ2v) is 4.84. The number of halogens is 1. The average Bonchev–Trinajstić information content (AvgIpc) is 2.91. The van der Waals surface area contributed by atoms with Crippen LogP contribution in [0.1, 0.15) is 23.8 Å². The van der Waals surface area contributed by atoms with E-state index in [0.717, 1.165) is 12.5 Å². The van der Waals surface area contributed by atoms with Crippen LogP contribution in [0.5, 0.6) is 0 Å². The molecule has 1 fully saturated rings. The van der Waals surface area contributed by atoms with E-state index in [1.165, 1.54) is 6.42 Å². The van der Waals surface area contributed by atoms with Gasteiger partial charge in [0.05, 0.1) is 0 Å². The van der Waals surface area contributed by atoms with Crippen LogP contribution < -0.4 is 5.32 Å². The van der Waals surface area contributed by atoms with Crippen molar-refractivity contribution < 1.29 is 4.79 Å². The highest BCUT2D eigenvalue weighted by Gasteiger charge is 2.32. The fraction of sp³-hybridized carbons (Fsp3) is 0.455. The number of pyridine rings is 1. The van der Waals surface area contributed by atoms with Gasteiger partial charge in [-0.25, -0.2) is 4.98 Å². The first-order valence-electron chi connectivity index (χ1n) is 5.07. The largest absolute Gasteiger partial charge is 0.350 e. The van der Waals surface area contributed by atoms with Crippen LogP contribution in [0.25, 0.3) is 0 Å². The SMILES string of the molecule is CC1CC1CNC(=O)c1cccc(Br)n1. The van der Waals surface area contributed by atoms with Crippen LogP contribution in [0, 0.1) is 11.8 Å². The van der Waals surface area contributed by atoms with Gasteiger partial charge in [0.15, 0.2) is 0 Å². The minimum Gasteiger partial charge on any atom is -0.350 e. The van der Waals surface area contributed by atoms with Crippen molar-refractivity contribution in [3.63, 3.8) is 0 Å². The number of nitrogens with one attached hydrogen (secondary N) is 1. The molecule has 0 aliphatic heterocycles. The second kappa shape index (κ2) is 4.31. The zero-order valence-corrected chi connectivity index (χ0v) is 10.1. The molecule has 2 atom stereocenters. The summed E-state index contributed by atoms with van der Waals surface area (Å²) in [5.74, 6) is 1.34.